The third-order valence-corrected chi connectivity index (χ3v) is 3.34. The van der Waals surface area contributed by atoms with Crippen molar-refractivity contribution in [2.45, 2.75) is 6.42 Å². The molecule has 0 radical (unpaired) electrons. The summed E-state index contributed by atoms with van der Waals surface area (Å²) in [6, 6.07) is 10.3. The van der Waals surface area contributed by atoms with Gasteiger partial charge < -0.3 is 14.8 Å². The number of hydrogen-bond acceptors (Lipinski definition) is 3. The Labute approximate surface area is 131 Å². The van der Waals surface area contributed by atoms with Crippen LogP contribution in [0, 0.1) is 0 Å². The van der Waals surface area contributed by atoms with Gasteiger partial charge in [-0.1, -0.05) is 18.2 Å². The van der Waals surface area contributed by atoms with Gasteiger partial charge in [0.1, 0.15) is 5.84 Å². The van der Waals surface area contributed by atoms with Crippen LogP contribution in [0.1, 0.15) is 5.56 Å². The van der Waals surface area contributed by atoms with Crippen LogP contribution in [0.2, 0.25) is 0 Å². The summed E-state index contributed by atoms with van der Waals surface area (Å²) in [5.41, 5.74) is 1.21. The Balaban J connectivity index is 0.00000220. The van der Waals surface area contributed by atoms with E-state index in [2.05, 4.69) is 28.5 Å². The summed E-state index contributed by atoms with van der Waals surface area (Å²) in [6.07, 6.45) is 0.789. The largest absolute Gasteiger partial charge is 0.493 e. The van der Waals surface area contributed by atoms with Crippen LogP contribution in [-0.2, 0) is 6.42 Å². The first-order chi connectivity index (χ1) is 9.71. The summed E-state index contributed by atoms with van der Waals surface area (Å²) in [7, 11) is 6.98. The molecule has 0 fully saturated rings. The molecule has 0 aromatic heterocycles. The molecule has 0 aliphatic heterocycles. The number of amidine groups is 1. The summed E-state index contributed by atoms with van der Waals surface area (Å²) in [5.74, 6) is 2.46. The van der Waals surface area contributed by atoms with Gasteiger partial charge in [0.15, 0.2) is 11.5 Å². The fraction of sp³-hybridized carbons (Fsp3) is 0.312. The second-order valence-corrected chi connectivity index (χ2v) is 4.49. The van der Waals surface area contributed by atoms with Crippen molar-refractivity contribution in [2.24, 2.45) is 4.99 Å². The smallest absolute Gasteiger partial charge is 0.161 e. The van der Waals surface area contributed by atoms with E-state index in [1.807, 2.05) is 19.2 Å². The van der Waals surface area contributed by atoms with Crippen LogP contribution < -0.4 is 14.8 Å². The number of nitrogens with one attached hydrogen (secondary N) is 1. The molecule has 5 heteroatoms. The van der Waals surface area contributed by atoms with E-state index in [1.165, 1.54) is 5.56 Å². The zero-order valence-electron chi connectivity index (χ0n) is 12.8. The molecule has 2 aromatic rings. The van der Waals surface area contributed by atoms with Gasteiger partial charge >= 0.3 is 0 Å². The number of benzene rings is 2. The number of methoxy groups -OCH3 is 2. The van der Waals surface area contributed by atoms with Crippen LogP contribution in [0.15, 0.2) is 35.3 Å². The van der Waals surface area contributed by atoms with E-state index in [0.29, 0.717) is 0 Å². The molecule has 0 unspecified atom stereocenters. The summed E-state index contributed by atoms with van der Waals surface area (Å²) < 4.78 is 10.7. The number of ether oxygens (including phenoxy) is 2. The van der Waals surface area contributed by atoms with E-state index in [0.717, 1.165) is 34.5 Å². The van der Waals surface area contributed by atoms with Gasteiger partial charge in [0.05, 0.1) is 14.2 Å². The summed E-state index contributed by atoms with van der Waals surface area (Å²) in [6.45, 7) is 0. The molecule has 0 aliphatic carbocycles. The monoisotopic (exact) mass is 308 g/mol. The van der Waals surface area contributed by atoms with Crippen LogP contribution in [-0.4, -0.2) is 34.2 Å². The predicted octanol–water partition coefficient (Wildman–Crippen LogP) is 3.07. The molecule has 0 aliphatic rings. The Hall–Kier alpha value is -1.94. The molecule has 0 heterocycles. The Kier molecular flexibility index (Phi) is 6.31. The SMILES string of the molecule is CN=C(Cc1ccc2cc(OC)c(OC)cc2c1)NC.Cl. The van der Waals surface area contributed by atoms with Crippen molar-refractivity contribution in [1.29, 1.82) is 0 Å². The van der Waals surface area contributed by atoms with Crippen molar-refractivity contribution in [3.63, 3.8) is 0 Å². The van der Waals surface area contributed by atoms with Crippen molar-refractivity contribution in [2.75, 3.05) is 28.3 Å². The minimum absolute atomic E-state index is 0. The molecule has 21 heavy (non-hydrogen) atoms. The normalized spacial score (nSPS) is 11.0. The Bertz CT molecular complexity index is 641. The minimum Gasteiger partial charge on any atom is -0.493 e. The van der Waals surface area contributed by atoms with E-state index in [4.69, 9.17) is 9.47 Å². The average molecular weight is 309 g/mol. The maximum atomic E-state index is 5.35. The first-order valence-corrected chi connectivity index (χ1v) is 6.50. The number of aliphatic imine (C=N–C) groups is 1. The zero-order chi connectivity index (χ0) is 14.5. The zero-order valence-corrected chi connectivity index (χ0v) is 13.6. The van der Waals surface area contributed by atoms with Crippen LogP contribution in [0.4, 0.5) is 0 Å². The summed E-state index contributed by atoms with van der Waals surface area (Å²) >= 11 is 0. The van der Waals surface area contributed by atoms with Crippen LogP contribution >= 0.6 is 12.4 Å². The highest BCUT2D eigenvalue weighted by Crippen LogP contribution is 2.32. The maximum Gasteiger partial charge on any atom is 0.161 e. The van der Waals surface area contributed by atoms with Crippen molar-refractivity contribution >= 4 is 29.0 Å². The molecule has 2 rings (SSSR count). The highest BCUT2D eigenvalue weighted by molar-refractivity contribution is 5.89. The van der Waals surface area contributed by atoms with Gasteiger partial charge in [-0.15, -0.1) is 12.4 Å². The molecule has 2 aromatic carbocycles. The van der Waals surface area contributed by atoms with Crippen molar-refractivity contribution < 1.29 is 9.47 Å². The molecule has 114 valence electrons. The van der Waals surface area contributed by atoms with Crippen LogP contribution in [0.3, 0.4) is 0 Å². The number of rotatable bonds is 4. The van der Waals surface area contributed by atoms with Gasteiger partial charge in [-0.3, -0.25) is 4.99 Å². The topological polar surface area (TPSA) is 42.9 Å². The predicted molar refractivity (Wildman–Crippen MR) is 90.4 cm³/mol. The van der Waals surface area contributed by atoms with E-state index < -0.39 is 0 Å². The molecule has 0 amide bonds. The highest BCUT2D eigenvalue weighted by atomic mass is 35.5. The van der Waals surface area contributed by atoms with E-state index in [9.17, 15) is 0 Å². The van der Waals surface area contributed by atoms with E-state index in [-0.39, 0.29) is 12.4 Å². The van der Waals surface area contributed by atoms with Gasteiger partial charge in [-0.2, -0.15) is 0 Å². The lowest BCUT2D eigenvalue weighted by Crippen LogP contribution is -2.20. The number of hydrogen-bond donors (Lipinski definition) is 1. The third-order valence-electron chi connectivity index (χ3n) is 3.34. The average Bonchev–Trinajstić information content (AvgIpc) is 2.50. The molecule has 0 atom stereocenters. The fourth-order valence-corrected chi connectivity index (χ4v) is 2.21. The minimum atomic E-state index is 0. The van der Waals surface area contributed by atoms with Gasteiger partial charge in [-0.25, -0.2) is 0 Å². The number of nitrogens with zero attached hydrogens (tertiary/aromatic N) is 1. The molecular weight excluding hydrogens is 288 g/mol. The standard InChI is InChI=1S/C16H20N2O2.ClH/c1-17-16(18-2)8-11-5-6-12-9-14(19-3)15(20-4)10-13(12)7-11;/h5-7,9-10H,8H2,1-4H3,(H,17,18);1H. The molecule has 0 bridgehead atoms. The molecule has 0 saturated heterocycles. The lowest BCUT2D eigenvalue weighted by atomic mass is 10.0. The second-order valence-electron chi connectivity index (χ2n) is 4.49. The highest BCUT2D eigenvalue weighted by Gasteiger charge is 2.07. The van der Waals surface area contributed by atoms with Gasteiger partial charge in [0.25, 0.3) is 0 Å². The summed E-state index contributed by atoms with van der Waals surface area (Å²) in [5, 5.41) is 5.36. The van der Waals surface area contributed by atoms with E-state index >= 15 is 0 Å². The molecule has 0 spiro atoms. The lowest BCUT2D eigenvalue weighted by molar-refractivity contribution is 0.356. The van der Waals surface area contributed by atoms with Crippen molar-refractivity contribution in [3.8, 4) is 11.5 Å². The van der Waals surface area contributed by atoms with Gasteiger partial charge in [-0.05, 0) is 28.5 Å². The summed E-state index contributed by atoms with van der Waals surface area (Å²) in [4.78, 5) is 4.20. The van der Waals surface area contributed by atoms with Crippen LogP contribution in [0.25, 0.3) is 10.8 Å². The molecular formula is C16H21ClN2O2. The second kappa shape index (κ2) is 7.74. The fourth-order valence-electron chi connectivity index (χ4n) is 2.21. The Morgan fingerprint density at radius 3 is 2.19 bits per heavy atom. The number of fused-ring (bicyclic) bond motifs is 1. The Morgan fingerprint density at radius 2 is 1.67 bits per heavy atom. The lowest BCUT2D eigenvalue weighted by Gasteiger charge is -2.11. The maximum absolute atomic E-state index is 5.35. The van der Waals surface area contributed by atoms with Crippen molar-refractivity contribution in [1.82, 2.24) is 5.32 Å². The molecule has 1 N–H and O–H groups in total. The van der Waals surface area contributed by atoms with Crippen LogP contribution in [0.5, 0.6) is 11.5 Å². The van der Waals surface area contributed by atoms with Gasteiger partial charge in [0, 0.05) is 20.5 Å². The number of halogens is 1. The van der Waals surface area contributed by atoms with Crippen molar-refractivity contribution in [3.05, 3.63) is 35.9 Å². The quantitative estimate of drug-likeness (QED) is 0.697. The number of likely N-dealkylation sites (N-methyl/N-ethyl adjacent to an activating group) is 1. The molecule has 4 nitrogen and oxygen atoms in total. The molecule has 0 saturated carbocycles. The van der Waals surface area contributed by atoms with Gasteiger partial charge in [0.2, 0.25) is 0 Å². The van der Waals surface area contributed by atoms with E-state index in [1.54, 1.807) is 21.3 Å². The third kappa shape index (κ3) is 3.79. The Morgan fingerprint density at radius 1 is 1.05 bits per heavy atom. The first-order valence-electron chi connectivity index (χ1n) is 6.50. The first kappa shape index (κ1) is 17.1.